The molecule has 2 rings (SSSR count). The Morgan fingerprint density at radius 2 is 2.05 bits per heavy atom. The number of amides is 1. The molecule has 1 atom stereocenters. The third-order valence-electron chi connectivity index (χ3n) is 3.33. The molecule has 1 heterocycles. The van der Waals surface area contributed by atoms with Crippen molar-refractivity contribution < 1.29 is 14.7 Å². The zero-order valence-corrected chi connectivity index (χ0v) is 11.5. The minimum Gasteiger partial charge on any atom is -0.481 e. The van der Waals surface area contributed by atoms with Gasteiger partial charge in [-0.05, 0) is 30.2 Å². The smallest absolute Gasteiger partial charge is 0.305 e. The van der Waals surface area contributed by atoms with Gasteiger partial charge in [0.1, 0.15) is 0 Å². The van der Waals surface area contributed by atoms with Crippen LogP contribution in [0.1, 0.15) is 30.6 Å². The molecule has 0 radical (unpaired) electrons. The van der Waals surface area contributed by atoms with E-state index >= 15 is 0 Å². The second-order valence-electron chi connectivity index (χ2n) is 5.20. The number of aromatic nitrogens is 1. The minimum absolute atomic E-state index is 0.0611. The Bertz CT molecular complexity index is 631. The van der Waals surface area contributed by atoms with E-state index in [9.17, 15) is 9.59 Å². The molecule has 0 aliphatic heterocycles. The van der Waals surface area contributed by atoms with Crippen molar-refractivity contribution in [3.8, 4) is 0 Å². The van der Waals surface area contributed by atoms with Crippen LogP contribution in [0.2, 0.25) is 0 Å². The van der Waals surface area contributed by atoms with Crippen molar-refractivity contribution >= 4 is 22.8 Å². The first-order valence-corrected chi connectivity index (χ1v) is 6.57. The third-order valence-corrected chi connectivity index (χ3v) is 3.33. The maximum absolute atomic E-state index is 12.2. The highest BCUT2D eigenvalue weighted by Gasteiger charge is 2.20. The third kappa shape index (κ3) is 3.17. The molecule has 106 valence electrons. The van der Waals surface area contributed by atoms with Gasteiger partial charge in [-0.15, -0.1) is 0 Å². The van der Waals surface area contributed by atoms with E-state index in [1.54, 1.807) is 12.1 Å². The van der Waals surface area contributed by atoms with Crippen LogP contribution in [0, 0.1) is 5.92 Å². The standard InChI is InChI=1S/C15H18N2O3/c1-9(2)13(8-14(18)19)17-15(20)11-3-4-12-10(7-11)5-6-16-12/h3-7,9,13,16H,8H2,1-2H3,(H,17,20)(H,18,19). The average molecular weight is 274 g/mol. The van der Waals surface area contributed by atoms with Crippen LogP contribution in [0.4, 0.5) is 0 Å². The summed E-state index contributed by atoms with van der Waals surface area (Å²) in [5.74, 6) is -1.09. The molecule has 1 aromatic carbocycles. The van der Waals surface area contributed by atoms with Gasteiger partial charge in [-0.1, -0.05) is 13.8 Å². The fourth-order valence-corrected chi connectivity index (χ4v) is 2.09. The lowest BCUT2D eigenvalue weighted by atomic mass is 10.0. The summed E-state index contributed by atoms with van der Waals surface area (Å²) in [4.78, 5) is 26.1. The zero-order valence-electron chi connectivity index (χ0n) is 11.5. The molecule has 0 saturated heterocycles. The van der Waals surface area contributed by atoms with Gasteiger partial charge in [0.05, 0.1) is 6.42 Å². The molecular weight excluding hydrogens is 256 g/mol. The molecule has 0 fully saturated rings. The topological polar surface area (TPSA) is 82.2 Å². The Balaban J connectivity index is 2.14. The molecule has 2 aromatic rings. The number of hydrogen-bond acceptors (Lipinski definition) is 2. The first kappa shape index (κ1) is 14.1. The number of aliphatic carboxylic acids is 1. The maximum atomic E-state index is 12.2. The van der Waals surface area contributed by atoms with Crippen molar-refractivity contribution in [3.63, 3.8) is 0 Å². The van der Waals surface area contributed by atoms with E-state index in [1.807, 2.05) is 32.2 Å². The molecule has 20 heavy (non-hydrogen) atoms. The largest absolute Gasteiger partial charge is 0.481 e. The van der Waals surface area contributed by atoms with E-state index in [4.69, 9.17) is 5.11 Å². The van der Waals surface area contributed by atoms with E-state index in [0.717, 1.165) is 10.9 Å². The highest BCUT2D eigenvalue weighted by atomic mass is 16.4. The first-order chi connectivity index (χ1) is 9.47. The second kappa shape index (κ2) is 5.77. The Kier molecular flexibility index (Phi) is 4.08. The van der Waals surface area contributed by atoms with E-state index in [-0.39, 0.29) is 24.3 Å². The molecule has 0 spiro atoms. The molecule has 3 N–H and O–H groups in total. The number of fused-ring (bicyclic) bond motifs is 1. The summed E-state index contributed by atoms with van der Waals surface area (Å²) in [6, 6.07) is 6.88. The van der Waals surface area contributed by atoms with Gasteiger partial charge in [0.15, 0.2) is 0 Å². The number of carbonyl (C=O) groups excluding carboxylic acids is 1. The van der Waals surface area contributed by atoms with Crippen molar-refractivity contribution in [1.29, 1.82) is 0 Å². The summed E-state index contributed by atoms with van der Waals surface area (Å²) in [5.41, 5.74) is 1.50. The molecule has 5 nitrogen and oxygen atoms in total. The number of carbonyl (C=O) groups is 2. The molecule has 0 bridgehead atoms. The van der Waals surface area contributed by atoms with Crippen LogP contribution in [0.3, 0.4) is 0 Å². The fraction of sp³-hybridized carbons (Fsp3) is 0.333. The molecule has 0 aliphatic rings. The van der Waals surface area contributed by atoms with Gasteiger partial charge in [0, 0.05) is 28.7 Å². The fourth-order valence-electron chi connectivity index (χ4n) is 2.09. The van der Waals surface area contributed by atoms with Crippen LogP contribution in [0.5, 0.6) is 0 Å². The van der Waals surface area contributed by atoms with Crippen molar-refractivity contribution in [3.05, 3.63) is 36.0 Å². The van der Waals surface area contributed by atoms with Crippen LogP contribution in [0.15, 0.2) is 30.5 Å². The van der Waals surface area contributed by atoms with Crippen molar-refractivity contribution in [2.24, 2.45) is 5.92 Å². The van der Waals surface area contributed by atoms with Crippen LogP contribution < -0.4 is 5.32 Å². The number of aromatic amines is 1. The number of H-pyrrole nitrogens is 1. The van der Waals surface area contributed by atoms with Crippen LogP contribution in [-0.2, 0) is 4.79 Å². The van der Waals surface area contributed by atoms with Crippen molar-refractivity contribution in [1.82, 2.24) is 10.3 Å². The average Bonchev–Trinajstić information content (AvgIpc) is 2.84. The minimum atomic E-state index is -0.912. The van der Waals surface area contributed by atoms with Gasteiger partial charge in [-0.2, -0.15) is 0 Å². The van der Waals surface area contributed by atoms with Crippen LogP contribution in [0.25, 0.3) is 10.9 Å². The molecule has 5 heteroatoms. The SMILES string of the molecule is CC(C)C(CC(=O)O)NC(=O)c1ccc2[nH]ccc2c1. The Morgan fingerprint density at radius 1 is 1.30 bits per heavy atom. The molecular formula is C15H18N2O3. The first-order valence-electron chi connectivity index (χ1n) is 6.57. The van der Waals surface area contributed by atoms with Gasteiger partial charge in [-0.25, -0.2) is 0 Å². The Morgan fingerprint density at radius 3 is 2.70 bits per heavy atom. The number of nitrogens with one attached hydrogen (secondary N) is 2. The normalized spacial score (nSPS) is 12.6. The molecule has 1 unspecified atom stereocenters. The molecule has 0 saturated carbocycles. The van der Waals surface area contributed by atoms with Gasteiger partial charge < -0.3 is 15.4 Å². The van der Waals surface area contributed by atoms with E-state index in [2.05, 4.69) is 10.3 Å². The number of carboxylic acid groups (broad SMARTS) is 1. The van der Waals surface area contributed by atoms with E-state index < -0.39 is 5.97 Å². The molecule has 1 amide bonds. The number of hydrogen-bond donors (Lipinski definition) is 3. The predicted octanol–water partition coefficient (Wildman–Crippen LogP) is 2.40. The Hall–Kier alpha value is -2.30. The summed E-state index contributed by atoms with van der Waals surface area (Å²) < 4.78 is 0. The van der Waals surface area contributed by atoms with E-state index in [1.165, 1.54) is 0 Å². The summed E-state index contributed by atoms with van der Waals surface area (Å²) in [6.07, 6.45) is 1.74. The predicted molar refractivity (Wildman–Crippen MR) is 76.6 cm³/mol. The van der Waals surface area contributed by atoms with E-state index in [0.29, 0.717) is 5.56 Å². The van der Waals surface area contributed by atoms with Crippen LogP contribution in [-0.4, -0.2) is 28.0 Å². The lowest BCUT2D eigenvalue weighted by Gasteiger charge is -2.20. The lowest BCUT2D eigenvalue weighted by molar-refractivity contribution is -0.137. The monoisotopic (exact) mass is 274 g/mol. The summed E-state index contributed by atoms with van der Waals surface area (Å²) >= 11 is 0. The zero-order chi connectivity index (χ0) is 14.7. The van der Waals surface area contributed by atoms with Gasteiger partial charge in [0.25, 0.3) is 5.91 Å². The lowest BCUT2D eigenvalue weighted by Crippen LogP contribution is -2.40. The number of carboxylic acids is 1. The Labute approximate surface area is 117 Å². The molecule has 0 aliphatic carbocycles. The van der Waals surface area contributed by atoms with Crippen LogP contribution >= 0.6 is 0 Å². The van der Waals surface area contributed by atoms with Crippen molar-refractivity contribution in [2.75, 3.05) is 0 Å². The molecule has 1 aromatic heterocycles. The second-order valence-corrected chi connectivity index (χ2v) is 5.20. The van der Waals surface area contributed by atoms with Crippen molar-refractivity contribution in [2.45, 2.75) is 26.3 Å². The van der Waals surface area contributed by atoms with Gasteiger partial charge in [-0.3, -0.25) is 9.59 Å². The highest BCUT2D eigenvalue weighted by Crippen LogP contribution is 2.15. The van der Waals surface area contributed by atoms with Gasteiger partial charge in [0.2, 0.25) is 0 Å². The highest BCUT2D eigenvalue weighted by molar-refractivity contribution is 5.98. The number of rotatable bonds is 5. The summed E-state index contributed by atoms with van der Waals surface area (Å²) in [7, 11) is 0. The van der Waals surface area contributed by atoms with Gasteiger partial charge >= 0.3 is 5.97 Å². The quantitative estimate of drug-likeness (QED) is 0.783. The summed E-state index contributed by atoms with van der Waals surface area (Å²) in [5, 5.41) is 12.6. The summed E-state index contributed by atoms with van der Waals surface area (Å²) in [6.45, 7) is 3.78. The maximum Gasteiger partial charge on any atom is 0.305 e. The number of benzene rings is 1.